The van der Waals surface area contributed by atoms with E-state index in [2.05, 4.69) is 10.1 Å². The summed E-state index contributed by atoms with van der Waals surface area (Å²) < 4.78 is 9.50. The fraction of sp³-hybridized carbons (Fsp3) is 0.727. The second-order valence-corrected chi connectivity index (χ2v) is 3.99. The quantitative estimate of drug-likeness (QED) is 0.461. The Kier molecular flexibility index (Phi) is 5.73. The van der Waals surface area contributed by atoms with Crippen molar-refractivity contribution < 1.29 is 23.9 Å². The molecule has 0 aliphatic carbocycles. The molecule has 0 radical (unpaired) electrons. The molecule has 1 unspecified atom stereocenters. The summed E-state index contributed by atoms with van der Waals surface area (Å²) in [4.78, 5) is 35.6. The summed E-state index contributed by atoms with van der Waals surface area (Å²) >= 11 is 0. The van der Waals surface area contributed by atoms with Gasteiger partial charge in [-0.3, -0.25) is 24.6 Å². The average Bonchev–Trinajstić information content (AvgIpc) is 2.68. The van der Waals surface area contributed by atoms with Crippen molar-refractivity contribution in [1.29, 1.82) is 0 Å². The minimum absolute atomic E-state index is 0.129. The monoisotopic (exact) mass is 258 g/mol. The molecule has 7 heteroatoms. The summed E-state index contributed by atoms with van der Waals surface area (Å²) in [6.45, 7) is 1.28. The third-order valence-corrected chi connectivity index (χ3v) is 2.80. The number of ether oxygens (including phenoxy) is 2. The van der Waals surface area contributed by atoms with Gasteiger partial charge in [-0.2, -0.15) is 0 Å². The number of methoxy groups -OCH3 is 2. The largest absolute Gasteiger partial charge is 0.469 e. The molecule has 0 spiro atoms. The number of esters is 1. The summed E-state index contributed by atoms with van der Waals surface area (Å²) in [5.41, 5.74) is 0. The molecule has 0 bridgehead atoms. The fourth-order valence-corrected chi connectivity index (χ4v) is 1.80. The van der Waals surface area contributed by atoms with Crippen molar-refractivity contribution in [3.05, 3.63) is 0 Å². The maximum absolute atomic E-state index is 11.6. The van der Waals surface area contributed by atoms with Gasteiger partial charge in [-0.05, 0) is 0 Å². The number of rotatable bonds is 7. The number of carbonyl (C=O) groups is 3. The summed E-state index contributed by atoms with van der Waals surface area (Å²) in [6, 6.07) is -0.516. The lowest BCUT2D eigenvalue weighted by Crippen LogP contribution is -2.43. The smallest absolute Gasteiger partial charge is 0.306 e. The molecular formula is C11H18N2O5. The summed E-state index contributed by atoms with van der Waals surface area (Å²) in [5.74, 6) is -0.950. The van der Waals surface area contributed by atoms with Crippen molar-refractivity contribution in [1.82, 2.24) is 10.2 Å². The van der Waals surface area contributed by atoms with Crippen LogP contribution in [0.1, 0.15) is 12.8 Å². The van der Waals surface area contributed by atoms with Gasteiger partial charge in [0.25, 0.3) is 0 Å². The van der Waals surface area contributed by atoms with E-state index < -0.39 is 6.04 Å². The maximum atomic E-state index is 11.6. The van der Waals surface area contributed by atoms with Crippen LogP contribution in [0.4, 0.5) is 0 Å². The molecule has 1 aliphatic heterocycles. The van der Waals surface area contributed by atoms with E-state index in [0.29, 0.717) is 19.7 Å². The van der Waals surface area contributed by atoms with Crippen molar-refractivity contribution in [3.8, 4) is 0 Å². The second kappa shape index (κ2) is 7.07. The van der Waals surface area contributed by atoms with E-state index in [1.54, 1.807) is 12.0 Å². The molecule has 18 heavy (non-hydrogen) atoms. The molecule has 0 aromatic rings. The molecule has 0 aromatic heterocycles. The van der Waals surface area contributed by atoms with Crippen LogP contribution in [0.2, 0.25) is 0 Å². The molecule has 1 fully saturated rings. The molecule has 0 aromatic carbocycles. The number of nitrogens with one attached hydrogen (secondary N) is 1. The highest BCUT2D eigenvalue weighted by molar-refractivity contribution is 6.05. The lowest BCUT2D eigenvalue weighted by molar-refractivity contribution is -0.141. The third kappa shape index (κ3) is 4.08. The molecule has 1 aliphatic rings. The first-order valence-electron chi connectivity index (χ1n) is 5.72. The predicted octanol–water partition coefficient (Wildman–Crippen LogP) is -1.09. The fourth-order valence-electron chi connectivity index (χ4n) is 1.80. The Labute approximate surface area is 105 Å². The summed E-state index contributed by atoms with van der Waals surface area (Å²) in [5, 5.41) is 2.25. The van der Waals surface area contributed by atoms with E-state index in [1.807, 2.05) is 0 Å². The van der Waals surface area contributed by atoms with E-state index in [9.17, 15) is 14.4 Å². The first-order valence-corrected chi connectivity index (χ1v) is 5.72. The Hall–Kier alpha value is -1.47. The molecule has 1 rings (SSSR count). The average molecular weight is 258 g/mol. The van der Waals surface area contributed by atoms with Crippen LogP contribution in [0, 0.1) is 0 Å². The number of nitrogens with zero attached hydrogens (tertiary/aromatic N) is 1. The Morgan fingerprint density at radius 1 is 1.39 bits per heavy atom. The van der Waals surface area contributed by atoms with Crippen molar-refractivity contribution in [2.45, 2.75) is 18.9 Å². The molecular weight excluding hydrogens is 240 g/mol. The molecule has 7 nitrogen and oxygen atoms in total. The second-order valence-electron chi connectivity index (χ2n) is 3.99. The Morgan fingerprint density at radius 3 is 2.61 bits per heavy atom. The third-order valence-electron chi connectivity index (χ3n) is 2.80. The van der Waals surface area contributed by atoms with E-state index in [-0.39, 0.29) is 30.6 Å². The number of imide groups is 1. The van der Waals surface area contributed by atoms with Crippen LogP contribution in [-0.4, -0.2) is 62.6 Å². The van der Waals surface area contributed by atoms with Gasteiger partial charge in [0.05, 0.1) is 32.6 Å². The summed E-state index contributed by atoms with van der Waals surface area (Å²) in [6.07, 6.45) is 0.307. The van der Waals surface area contributed by atoms with Gasteiger partial charge < -0.3 is 9.47 Å². The Bertz CT molecular complexity index is 331. The molecule has 1 N–H and O–H groups in total. The van der Waals surface area contributed by atoms with Crippen molar-refractivity contribution in [2.24, 2.45) is 0 Å². The van der Waals surface area contributed by atoms with Gasteiger partial charge in [0.1, 0.15) is 0 Å². The van der Waals surface area contributed by atoms with Crippen LogP contribution in [0.5, 0.6) is 0 Å². The molecule has 1 saturated heterocycles. The topological polar surface area (TPSA) is 84.9 Å². The molecule has 102 valence electrons. The highest BCUT2D eigenvalue weighted by Crippen LogP contribution is 2.11. The van der Waals surface area contributed by atoms with Gasteiger partial charge in [0, 0.05) is 20.2 Å². The zero-order valence-electron chi connectivity index (χ0n) is 10.6. The minimum atomic E-state index is -0.516. The number of amides is 2. The van der Waals surface area contributed by atoms with Gasteiger partial charge in [-0.1, -0.05) is 0 Å². The van der Waals surface area contributed by atoms with E-state index in [4.69, 9.17) is 4.74 Å². The van der Waals surface area contributed by atoms with E-state index in [0.717, 1.165) is 0 Å². The highest BCUT2D eigenvalue weighted by atomic mass is 16.5. The molecule has 2 amide bonds. The van der Waals surface area contributed by atoms with Gasteiger partial charge in [-0.15, -0.1) is 0 Å². The van der Waals surface area contributed by atoms with Crippen molar-refractivity contribution >= 4 is 17.8 Å². The standard InChI is InChI=1S/C11H18N2O5/c1-17-6-5-13(4-3-10(15)18-2)8-7-9(14)12-11(8)16/h8H,3-7H2,1-2H3,(H,12,14,16). The highest BCUT2D eigenvalue weighted by Gasteiger charge is 2.35. The van der Waals surface area contributed by atoms with Crippen LogP contribution in [0.3, 0.4) is 0 Å². The normalized spacial score (nSPS) is 19.2. The van der Waals surface area contributed by atoms with Crippen LogP contribution >= 0.6 is 0 Å². The first kappa shape index (κ1) is 14.6. The van der Waals surface area contributed by atoms with E-state index in [1.165, 1.54) is 7.11 Å². The van der Waals surface area contributed by atoms with Crippen LogP contribution in [0.25, 0.3) is 0 Å². The van der Waals surface area contributed by atoms with Gasteiger partial charge >= 0.3 is 5.97 Å². The molecule has 0 saturated carbocycles. The lowest BCUT2D eigenvalue weighted by atomic mass is 10.2. The van der Waals surface area contributed by atoms with Crippen LogP contribution in [-0.2, 0) is 23.9 Å². The lowest BCUT2D eigenvalue weighted by Gasteiger charge is -2.25. The summed E-state index contributed by atoms with van der Waals surface area (Å²) in [7, 11) is 2.87. The Balaban J connectivity index is 2.56. The Morgan fingerprint density at radius 2 is 2.11 bits per heavy atom. The number of hydrogen-bond donors (Lipinski definition) is 1. The van der Waals surface area contributed by atoms with Crippen LogP contribution < -0.4 is 5.32 Å². The van der Waals surface area contributed by atoms with Crippen molar-refractivity contribution in [2.75, 3.05) is 33.9 Å². The van der Waals surface area contributed by atoms with Gasteiger partial charge in [0.2, 0.25) is 11.8 Å². The van der Waals surface area contributed by atoms with Crippen molar-refractivity contribution in [3.63, 3.8) is 0 Å². The molecule has 1 atom stereocenters. The minimum Gasteiger partial charge on any atom is -0.469 e. The van der Waals surface area contributed by atoms with Gasteiger partial charge in [0.15, 0.2) is 0 Å². The maximum Gasteiger partial charge on any atom is 0.306 e. The van der Waals surface area contributed by atoms with E-state index >= 15 is 0 Å². The first-order chi connectivity index (χ1) is 8.58. The zero-order valence-corrected chi connectivity index (χ0v) is 10.6. The van der Waals surface area contributed by atoms with Gasteiger partial charge in [-0.25, -0.2) is 0 Å². The zero-order chi connectivity index (χ0) is 13.5. The molecule has 1 heterocycles. The predicted molar refractivity (Wildman–Crippen MR) is 61.6 cm³/mol. The number of carbonyl (C=O) groups excluding carboxylic acids is 3. The SMILES string of the molecule is COCCN(CCC(=O)OC)C1CC(=O)NC1=O. The van der Waals surface area contributed by atoms with Crippen LogP contribution in [0.15, 0.2) is 0 Å². The number of hydrogen-bond acceptors (Lipinski definition) is 6.